The Hall–Kier alpha value is -0.780. The predicted octanol–water partition coefficient (Wildman–Crippen LogP) is 1.15. The van der Waals surface area contributed by atoms with Crippen molar-refractivity contribution >= 4 is 10.8 Å². The van der Waals surface area contributed by atoms with E-state index in [1.165, 1.54) is 5.56 Å². The van der Waals surface area contributed by atoms with Crippen LogP contribution in [0.4, 0.5) is 0 Å². The zero-order valence-corrected chi connectivity index (χ0v) is 12.4. The molecule has 0 saturated carbocycles. The Morgan fingerprint density at radius 3 is 2.79 bits per heavy atom. The van der Waals surface area contributed by atoms with E-state index in [1.807, 2.05) is 6.20 Å². The molecule has 106 valence electrons. The van der Waals surface area contributed by atoms with Crippen molar-refractivity contribution in [1.29, 1.82) is 0 Å². The Labute approximate surface area is 118 Å². The molecule has 4 nitrogen and oxygen atoms in total. The lowest BCUT2D eigenvalue weighted by Crippen LogP contribution is -2.37. The SMILES string of the molecule is CCCNCc1ccc(CN2CCS(=O)CC2)nc1. The molecule has 19 heavy (non-hydrogen) atoms. The molecule has 0 atom stereocenters. The molecule has 0 bridgehead atoms. The van der Waals surface area contributed by atoms with Crippen LogP contribution in [0, 0.1) is 0 Å². The van der Waals surface area contributed by atoms with E-state index in [0.29, 0.717) is 0 Å². The lowest BCUT2D eigenvalue weighted by Gasteiger charge is -2.25. The summed E-state index contributed by atoms with van der Waals surface area (Å²) in [4.78, 5) is 6.85. The molecule has 0 radical (unpaired) electrons. The molecule has 0 aromatic carbocycles. The van der Waals surface area contributed by atoms with E-state index in [-0.39, 0.29) is 0 Å². The van der Waals surface area contributed by atoms with Gasteiger partial charge in [-0.05, 0) is 24.6 Å². The average molecular weight is 281 g/mol. The minimum atomic E-state index is -0.598. The van der Waals surface area contributed by atoms with Gasteiger partial charge in [-0.2, -0.15) is 0 Å². The third-order valence-electron chi connectivity index (χ3n) is 3.30. The van der Waals surface area contributed by atoms with Crippen LogP contribution in [-0.4, -0.2) is 45.2 Å². The van der Waals surface area contributed by atoms with Gasteiger partial charge >= 0.3 is 0 Å². The summed E-state index contributed by atoms with van der Waals surface area (Å²) >= 11 is 0. The Morgan fingerprint density at radius 1 is 1.37 bits per heavy atom. The molecule has 1 N–H and O–H groups in total. The van der Waals surface area contributed by atoms with Crippen molar-refractivity contribution in [3.63, 3.8) is 0 Å². The molecule has 1 aromatic heterocycles. The second-order valence-corrected chi connectivity index (χ2v) is 6.65. The van der Waals surface area contributed by atoms with Crippen molar-refractivity contribution in [2.24, 2.45) is 0 Å². The van der Waals surface area contributed by atoms with Gasteiger partial charge < -0.3 is 5.32 Å². The first-order chi connectivity index (χ1) is 9.28. The molecule has 5 heteroatoms. The third-order valence-corrected chi connectivity index (χ3v) is 4.57. The summed E-state index contributed by atoms with van der Waals surface area (Å²) in [5.41, 5.74) is 2.34. The van der Waals surface area contributed by atoms with Crippen LogP contribution in [0.3, 0.4) is 0 Å². The van der Waals surface area contributed by atoms with Crippen LogP contribution in [0.1, 0.15) is 24.6 Å². The number of aromatic nitrogens is 1. The largest absolute Gasteiger partial charge is 0.313 e. The Bertz CT molecular complexity index is 398. The van der Waals surface area contributed by atoms with Crippen molar-refractivity contribution in [2.75, 3.05) is 31.1 Å². The number of hydrogen-bond donors (Lipinski definition) is 1. The first-order valence-electron chi connectivity index (χ1n) is 7.00. The fraction of sp³-hybridized carbons (Fsp3) is 0.643. The van der Waals surface area contributed by atoms with Gasteiger partial charge in [0.1, 0.15) is 0 Å². The quantitative estimate of drug-likeness (QED) is 0.795. The van der Waals surface area contributed by atoms with E-state index in [0.717, 1.165) is 56.3 Å². The number of nitrogens with zero attached hydrogens (tertiary/aromatic N) is 2. The fourth-order valence-corrected chi connectivity index (χ4v) is 3.25. The first-order valence-corrected chi connectivity index (χ1v) is 8.48. The lowest BCUT2D eigenvalue weighted by atomic mass is 10.2. The van der Waals surface area contributed by atoms with Gasteiger partial charge in [0.2, 0.25) is 0 Å². The zero-order valence-electron chi connectivity index (χ0n) is 11.6. The van der Waals surface area contributed by atoms with Gasteiger partial charge in [0, 0.05) is 54.7 Å². The molecule has 1 fully saturated rings. The summed E-state index contributed by atoms with van der Waals surface area (Å²) in [5.74, 6) is 1.61. The van der Waals surface area contributed by atoms with Crippen LogP contribution in [0.2, 0.25) is 0 Å². The molecule has 0 spiro atoms. The molecular formula is C14H23N3OS. The molecule has 1 saturated heterocycles. The van der Waals surface area contributed by atoms with Crippen LogP contribution in [-0.2, 0) is 23.9 Å². The number of nitrogens with one attached hydrogen (secondary N) is 1. The van der Waals surface area contributed by atoms with E-state index in [2.05, 4.69) is 34.3 Å². The smallest absolute Gasteiger partial charge is 0.0544 e. The summed E-state index contributed by atoms with van der Waals surface area (Å²) in [6, 6.07) is 4.25. The second-order valence-electron chi connectivity index (χ2n) is 4.96. The highest BCUT2D eigenvalue weighted by Crippen LogP contribution is 2.07. The van der Waals surface area contributed by atoms with Gasteiger partial charge in [0.25, 0.3) is 0 Å². The minimum absolute atomic E-state index is 0.598. The summed E-state index contributed by atoms with van der Waals surface area (Å²) in [6.07, 6.45) is 3.11. The van der Waals surface area contributed by atoms with Crippen molar-refractivity contribution in [3.05, 3.63) is 29.6 Å². The van der Waals surface area contributed by atoms with Crippen molar-refractivity contribution in [3.8, 4) is 0 Å². The standard InChI is InChI=1S/C14H23N3OS/c1-2-5-15-10-13-3-4-14(16-11-13)12-17-6-8-19(18)9-7-17/h3-4,11,15H,2,5-10,12H2,1H3. The Morgan fingerprint density at radius 2 is 2.16 bits per heavy atom. The van der Waals surface area contributed by atoms with Crippen LogP contribution < -0.4 is 5.32 Å². The van der Waals surface area contributed by atoms with Crippen molar-refractivity contribution < 1.29 is 4.21 Å². The average Bonchev–Trinajstić information content (AvgIpc) is 2.44. The summed E-state index contributed by atoms with van der Waals surface area (Å²) in [7, 11) is -0.598. The zero-order chi connectivity index (χ0) is 13.5. The topological polar surface area (TPSA) is 45.2 Å². The highest BCUT2D eigenvalue weighted by atomic mass is 32.2. The summed E-state index contributed by atoms with van der Waals surface area (Å²) in [6.45, 7) is 6.83. The monoisotopic (exact) mass is 281 g/mol. The first kappa shape index (κ1) is 14.6. The predicted molar refractivity (Wildman–Crippen MR) is 79.4 cm³/mol. The molecule has 0 unspecified atom stereocenters. The van der Waals surface area contributed by atoms with Crippen LogP contribution >= 0.6 is 0 Å². The van der Waals surface area contributed by atoms with Gasteiger partial charge in [-0.3, -0.25) is 14.1 Å². The molecule has 0 aliphatic carbocycles. The maximum atomic E-state index is 11.3. The molecule has 2 rings (SSSR count). The van der Waals surface area contributed by atoms with Crippen molar-refractivity contribution in [2.45, 2.75) is 26.4 Å². The minimum Gasteiger partial charge on any atom is -0.313 e. The number of rotatable bonds is 6. The van der Waals surface area contributed by atoms with Crippen LogP contribution in [0.15, 0.2) is 18.3 Å². The van der Waals surface area contributed by atoms with Gasteiger partial charge in [-0.1, -0.05) is 13.0 Å². The molecule has 2 heterocycles. The van der Waals surface area contributed by atoms with E-state index in [9.17, 15) is 4.21 Å². The molecule has 1 aliphatic heterocycles. The third kappa shape index (κ3) is 5.01. The second kappa shape index (κ2) is 7.72. The number of hydrogen-bond acceptors (Lipinski definition) is 4. The summed E-state index contributed by atoms with van der Waals surface area (Å²) < 4.78 is 11.3. The van der Waals surface area contributed by atoms with Gasteiger partial charge in [0.05, 0.1) is 5.69 Å². The molecule has 1 aliphatic rings. The molecule has 0 amide bonds. The van der Waals surface area contributed by atoms with E-state index < -0.39 is 10.8 Å². The van der Waals surface area contributed by atoms with E-state index >= 15 is 0 Å². The summed E-state index contributed by atoms with van der Waals surface area (Å²) in [5, 5.41) is 3.37. The molecular weight excluding hydrogens is 258 g/mol. The number of pyridine rings is 1. The van der Waals surface area contributed by atoms with E-state index in [4.69, 9.17) is 0 Å². The maximum Gasteiger partial charge on any atom is 0.0544 e. The van der Waals surface area contributed by atoms with Gasteiger partial charge in [0.15, 0.2) is 0 Å². The van der Waals surface area contributed by atoms with Gasteiger partial charge in [-0.15, -0.1) is 0 Å². The lowest BCUT2D eigenvalue weighted by molar-refractivity contribution is 0.288. The Kier molecular flexibility index (Phi) is 5.94. The normalized spacial score (nSPS) is 17.7. The van der Waals surface area contributed by atoms with Crippen LogP contribution in [0.25, 0.3) is 0 Å². The fourth-order valence-electron chi connectivity index (χ4n) is 2.13. The van der Waals surface area contributed by atoms with Crippen molar-refractivity contribution in [1.82, 2.24) is 15.2 Å². The highest BCUT2D eigenvalue weighted by molar-refractivity contribution is 7.85. The van der Waals surface area contributed by atoms with E-state index in [1.54, 1.807) is 0 Å². The van der Waals surface area contributed by atoms with Crippen LogP contribution in [0.5, 0.6) is 0 Å². The Balaban J connectivity index is 1.79. The maximum absolute atomic E-state index is 11.3. The molecule has 1 aromatic rings. The highest BCUT2D eigenvalue weighted by Gasteiger charge is 2.15. The van der Waals surface area contributed by atoms with Gasteiger partial charge in [-0.25, -0.2) is 0 Å².